The van der Waals surface area contributed by atoms with Crippen LogP contribution < -0.4 is 5.32 Å². The zero-order valence-corrected chi connectivity index (χ0v) is 10.4. The van der Waals surface area contributed by atoms with Gasteiger partial charge in [0.05, 0.1) is 12.6 Å². The molecule has 1 amide bonds. The molecule has 1 N–H and O–H groups in total. The number of carbonyl (C=O) groups is 3. The summed E-state index contributed by atoms with van der Waals surface area (Å²) >= 11 is 0. The SMILES string of the molecule is CCOC(=O)C(C)(C)C(=O)C(C)NC(C)=O. The molecular formula is C11H19NO4. The molecule has 92 valence electrons. The van der Waals surface area contributed by atoms with Crippen LogP contribution in [0.15, 0.2) is 0 Å². The second kappa shape index (κ2) is 5.63. The van der Waals surface area contributed by atoms with Crippen molar-refractivity contribution in [2.45, 2.75) is 40.7 Å². The molecule has 0 aliphatic carbocycles. The highest BCUT2D eigenvalue weighted by Crippen LogP contribution is 2.20. The van der Waals surface area contributed by atoms with Crippen molar-refractivity contribution < 1.29 is 19.1 Å². The zero-order valence-electron chi connectivity index (χ0n) is 10.4. The fourth-order valence-corrected chi connectivity index (χ4v) is 1.32. The smallest absolute Gasteiger partial charge is 0.319 e. The van der Waals surface area contributed by atoms with Crippen molar-refractivity contribution in [1.29, 1.82) is 0 Å². The van der Waals surface area contributed by atoms with Crippen molar-refractivity contribution in [2.24, 2.45) is 5.41 Å². The van der Waals surface area contributed by atoms with Crippen LogP contribution >= 0.6 is 0 Å². The third kappa shape index (κ3) is 3.64. The molecule has 0 radical (unpaired) electrons. The predicted octanol–water partition coefficient (Wildman–Crippen LogP) is 0.669. The summed E-state index contributed by atoms with van der Waals surface area (Å²) in [7, 11) is 0. The first-order valence-electron chi connectivity index (χ1n) is 5.22. The Bertz CT molecular complexity index is 296. The van der Waals surface area contributed by atoms with E-state index in [0.29, 0.717) is 0 Å². The number of amides is 1. The molecule has 5 nitrogen and oxygen atoms in total. The molecule has 0 fully saturated rings. The van der Waals surface area contributed by atoms with Gasteiger partial charge in [-0.2, -0.15) is 0 Å². The summed E-state index contributed by atoms with van der Waals surface area (Å²) < 4.78 is 4.81. The number of ether oxygens (including phenoxy) is 1. The molecule has 0 heterocycles. The van der Waals surface area contributed by atoms with Crippen molar-refractivity contribution in [3.05, 3.63) is 0 Å². The van der Waals surface area contributed by atoms with Crippen LogP contribution in [-0.4, -0.2) is 30.3 Å². The fraction of sp³-hybridized carbons (Fsp3) is 0.727. The quantitative estimate of drug-likeness (QED) is 0.555. The van der Waals surface area contributed by atoms with E-state index >= 15 is 0 Å². The first-order chi connectivity index (χ1) is 7.23. The molecule has 0 spiro atoms. The van der Waals surface area contributed by atoms with Crippen LogP contribution in [0.1, 0.15) is 34.6 Å². The number of hydrogen-bond acceptors (Lipinski definition) is 4. The van der Waals surface area contributed by atoms with Gasteiger partial charge in [0, 0.05) is 6.92 Å². The summed E-state index contributed by atoms with van der Waals surface area (Å²) in [6.07, 6.45) is 0. The highest BCUT2D eigenvalue weighted by Gasteiger charge is 2.40. The van der Waals surface area contributed by atoms with E-state index in [-0.39, 0.29) is 18.3 Å². The lowest BCUT2D eigenvalue weighted by Crippen LogP contribution is -2.47. The van der Waals surface area contributed by atoms with Gasteiger partial charge in [0.2, 0.25) is 5.91 Å². The topological polar surface area (TPSA) is 72.5 Å². The summed E-state index contributed by atoms with van der Waals surface area (Å²) in [4.78, 5) is 34.2. The Balaban J connectivity index is 4.68. The summed E-state index contributed by atoms with van der Waals surface area (Å²) in [6.45, 7) is 7.75. The van der Waals surface area contributed by atoms with E-state index in [0.717, 1.165) is 0 Å². The van der Waals surface area contributed by atoms with Gasteiger partial charge in [0.25, 0.3) is 0 Å². The summed E-state index contributed by atoms with van der Waals surface area (Å²) in [6, 6.07) is -0.697. The van der Waals surface area contributed by atoms with E-state index < -0.39 is 17.4 Å². The van der Waals surface area contributed by atoms with Gasteiger partial charge in [-0.25, -0.2) is 0 Å². The molecule has 1 atom stereocenters. The van der Waals surface area contributed by atoms with E-state index in [2.05, 4.69) is 5.32 Å². The number of Topliss-reactive ketones (excluding diaryl/α,β-unsaturated/α-hetero) is 1. The maximum absolute atomic E-state index is 11.9. The number of nitrogens with one attached hydrogen (secondary N) is 1. The molecule has 0 aromatic rings. The minimum Gasteiger partial charge on any atom is -0.465 e. The Morgan fingerprint density at radius 3 is 2.19 bits per heavy atom. The lowest BCUT2D eigenvalue weighted by atomic mass is 9.84. The average Bonchev–Trinajstić information content (AvgIpc) is 2.15. The van der Waals surface area contributed by atoms with Gasteiger partial charge in [0.1, 0.15) is 5.41 Å². The Labute approximate surface area is 95.5 Å². The molecule has 0 rings (SSSR count). The van der Waals surface area contributed by atoms with E-state index in [1.165, 1.54) is 20.8 Å². The van der Waals surface area contributed by atoms with Crippen molar-refractivity contribution in [3.63, 3.8) is 0 Å². The van der Waals surface area contributed by atoms with Gasteiger partial charge >= 0.3 is 5.97 Å². The summed E-state index contributed by atoms with van der Waals surface area (Å²) in [5.41, 5.74) is -1.24. The molecule has 0 aromatic heterocycles. The molecule has 0 aliphatic rings. The third-order valence-corrected chi connectivity index (χ3v) is 2.21. The lowest BCUT2D eigenvalue weighted by molar-refractivity contribution is -0.158. The van der Waals surface area contributed by atoms with E-state index in [1.54, 1.807) is 13.8 Å². The Kier molecular flexibility index (Phi) is 5.14. The maximum atomic E-state index is 11.9. The van der Waals surface area contributed by atoms with Crippen LogP contribution in [0.3, 0.4) is 0 Å². The molecule has 5 heteroatoms. The first-order valence-corrected chi connectivity index (χ1v) is 5.22. The largest absolute Gasteiger partial charge is 0.465 e. The Morgan fingerprint density at radius 1 is 1.31 bits per heavy atom. The van der Waals surface area contributed by atoms with Crippen molar-refractivity contribution in [2.75, 3.05) is 6.61 Å². The van der Waals surface area contributed by atoms with Gasteiger partial charge < -0.3 is 10.1 Å². The summed E-state index contributed by atoms with van der Waals surface area (Å²) in [5, 5.41) is 2.45. The first kappa shape index (κ1) is 14.6. The monoisotopic (exact) mass is 229 g/mol. The molecule has 0 saturated heterocycles. The Morgan fingerprint density at radius 2 is 1.81 bits per heavy atom. The van der Waals surface area contributed by atoms with Crippen molar-refractivity contribution >= 4 is 17.7 Å². The van der Waals surface area contributed by atoms with Gasteiger partial charge in [-0.1, -0.05) is 0 Å². The van der Waals surface area contributed by atoms with E-state index in [4.69, 9.17) is 4.74 Å². The second-order valence-electron chi connectivity index (χ2n) is 4.13. The highest BCUT2D eigenvalue weighted by atomic mass is 16.5. The molecule has 0 saturated carbocycles. The summed E-state index contributed by atoms with van der Waals surface area (Å²) in [5.74, 6) is -1.24. The second-order valence-corrected chi connectivity index (χ2v) is 4.13. The highest BCUT2D eigenvalue weighted by molar-refractivity contribution is 6.06. The van der Waals surface area contributed by atoms with Gasteiger partial charge in [-0.05, 0) is 27.7 Å². The molecule has 16 heavy (non-hydrogen) atoms. The van der Waals surface area contributed by atoms with Gasteiger partial charge in [-0.15, -0.1) is 0 Å². The average molecular weight is 229 g/mol. The van der Waals surface area contributed by atoms with E-state index in [1.807, 2.05) is 0 Å². The Hall–Kier alpha value is -1.39. The van der Waals surface area contributed by atoms with Crippen LogP contribution in [0.2, 0.25) is 0 Å². The van der Waals surface area contributed by atoms with Crippen LogP contribution in [0.5, 0.6) is 0 Å². The minimum atomic E-state index is -1.24. The molecule has 0 aliphatic heterocycles. The zero-order chi connectivity index (χ0) is 12.9. The molecule has 1 unspecified atom stereocenters. The minimum absolute atomic E-state index is 0.226. The van der Waals surface area contributed by atoms with Crippen LogP contribution in [0, 0.1) is 5.41 Å². The number of rotatable bonds is 5. The number of carbonyl (C=O) groups excluding carboxylic acids is 3. The third-order valence-electron chi connectivity index (χ3n) is 2.21. The molecular weight excluding hydrogens is 210 g/mol. The standard InChI is InChI=1S/C11H19NO4/c1-6-16-10(15)11(4,5)9(14)7(2)12-8(3)13/h7H,6H2,1-5H3,(H,12,13). The van der Waals surface area contributed by atoms with Crippen molar-refractivity contribution in [1.82, 2.24) is 5.32 Å². The predicted molar refractivity (Wildman–Crippen MR) is 58.7 cm³/mol. The number of hydrogen-bond donors (Lipinski definition) is 1. The molecule has 0 bridgehead atoms. The maximum Gasteiger partial charge on any atom is 0.319 e. The molecule has 0 aromatic carbocycles. The van der Waals surface area contributed by atoms with Gasteiger partial charge in [-0.3, -0.25) is 14.4 Å². The van der Waals surface area contributed by atoms with Gasteiger partial charge in [0.15, 0.2) is 5.78 Å². The normalized spacial score (nSPS) is 12.8. The number of ketones is 1. The lowest BCUT2D eigenvalue weighted by Gasteiger charge is -2.24. The fourth-order valence-electron chi connectivity index (χ4n) is 1.32. The van der Waals surface area contributed by atoms with Crippen LogP contribution in [0.4, 0.5) is 0 Å². The van der Waals surface area contributed by atoms with E-state index in [9.17, 15) is 14.4 Å². The van der Waals surface area contributed by atoms with Crippen LogP contribution in [0.25, 0.3) is 0 Å². The number of esters is 1. The van der Waals surface area contributed by atoms with Crippen molar-refractivity contribution in [3.8, 4) is 0 Å². The van der Waals surface area contributed by atoms with Crippen LogP contribution in [-0.2, 0) is 19.1 Å².